The number of carbonyl (C=O) groups is 1. The molecule has 2 aromatic carbocycles. The number of hydrogen-bond donors (Lipinski definition) is 0. The van der Waals surface area contributed by atoms with Crippen molar-refractivity contribution in [3.05, 3.63) is 41.5 Å². The van der Waals surface area contributed by atoms with Gasteiger partial charge in [-0.25, -0.2) is 4.58 Å². The van der Waals surface area contributed by atoms with Crippen LogP contribution in [0.2, 0.25) is 0 Å². The predicted molar refractivity (Wildman–Crippen MR) is 77.8 cm³/mol. The minimum atomic E-state index is -1.13. The van der Waals surface area contributed by atoms with Crippen LogP contribution in [0.3, 0.4) is 0 Å². The monoisotopic (exact) mass is 267 g/mol. The first kappa shape index (κ1) is 12.9. The molecule has 0 saturated carbocycles. The zero-order valence-electron chi connectivity index (χ0n) is 12.2. The number of rotatable bonds is 1. The zero-order chi connectivity index (χ0) is 14.7. The molecule has 0 spiro atoms. The molecule has 0 bridgehead atoms. The van der Waals surface area contributed by atoms with E-state index in [1.165, 1.54) is 17.0 Å². The highest BCUT2D eigenvalue weighted by Crippen LogP contribution is 2.43. The van der Waals surface area contributed by atoms with Crippen LogP contribution in [0.25, 0.3) is 10.8 Å². The number of nitrogens with zero attached hydrogens (tertiary/aromatic N) is 1. The molecule has 3 nitrogen and oxygen atoms in total. The van der Waals surface area contributed by atoms with Gasteiger partial charge in [0.15, 0.2) is 5.71 Å². The summed E-state index contributed by atoms with van der Waals surface area (Å²) in [5, 5.41) is 13.0. The van der Waals surface area contributed by atoms with E-state index in [0.29, 0.717) is 0 Å². The first-order valence-electron chi connectivity index (χ1n) is 6.70. The van der Waals surface area contributed by atoms with Crippen molar-refractivity contribution < 1.29 is 14.5 Å². The summed E-state index contributed by atoms with van der Waals surface area (Å²) < 4.78 is 2.21. The van der Waals surface area contributed by atoms with Crippen molar-refractivity contribution in [2.45, 2.75) is 26.2 Å². The van der Waals surface area contributed by atoms with Crippen molar-refractivity contribution in [2.24, 2.45) is 0 Å². The summed E-state index contributed by atoms with van der Waals surface area (Å²) in [4.78, 5) is 11.0. The number of aromatic carboxylic acids is 1. The maximum Gasteiger partial charge on any atom is 0.209 e. The second-order valence-electron chi connectivity index (χ2n) is 5.95. The molecule has 0 unspecified atom stereocenters. The molecule has 0 N–H and O–H groups in total. The van der Waals surface area contributed by atoms with Gasteiger partial charge in [0, 0.05) is 18.6 Å². The molecule has 102 valence electrons. The van der Waals surface area contributed by atoms with Gasteiger partial charge in [-0.3, -0.25) is 0 Å². The van der Waals surface area contributed by atoms with E-state index in [0.717, 1.165) is 10.8 Å². The smallest absolute Gasteiger partial charge is 0.209 e. The third-order valence-electron chi connectivity index (χ3n) is 4.63. The van der Waals surface area contributed by atoms with Gasteiger partial charge in [-0.1, -0.05) is 12.1 Å². The fraction of sp³-hybridized carbons (Fsp3) is 0.294. The zero-order valence-corrected chi connectivity index (χ0v) is 12.2. The van der Waals surface area contributed by atoms with Gasteiger partial charge in [0.25, 0.3) is 0 Å². The lowest BCUT2D eigenvalue weighted by atomic mass is 9.79. The average Bonchev–Trinajstić information content (AvgIpc) is 2.59. The Kier molecular flexibility index (Phi) is 2.52. The minimum absolute atomic E-state index is 0.0490. The Morgan fingerprint density at radius 2 is 1.90 bits per heavy atom. The fourth-order valence-corrected chi connectivity index (χ4v) is 3.16. The lowest BCUT2D eigenvalue weighted by molar-refractivity contribution is -0.402. The summed E-state index contributed by atoms with van der Waals surface area (Å²) in [6, 6.07) is 9.25. The van der Waals surface area contributed by atoms with Gasteiger partial charge < -0.3 is 9.90 Å². The highest BCUT2D eigenvalue weighted by molar-refractivity contribution is 6.03. The van der Waals surface area contributed by atoms with E-state index in [2.05, 4.69) is 38.5 Å². The standard InChI is InChI=1S/C17H17NO2/c1-10-17(2,3)15-13-7-5-12(16(19)20)9-11(13)6-8-14(15)18(10)4/h5-9H,1-4H3. The molecular formula is C17H17NO2. The molecule has 3 heteroatoms. The maximum atomic E-state index is 11.0. The lowest BCUT2D eigenvalue weighted by Gasteiger charge is -2.17. The van der Waals surface area contributed by atoms with Crippen molar-refractivity contribution in [1.29, 1.82) is 0 Å². The number of carboxylic acids is 1. The van der Waals surface area contributed by atoms with Crippen molar-refractivity contribution in [1.82, 2.24) is 0 Å². The molecule has 0 aliphatic carbocycles. The SMILES string of the molecule is CC1=[N+](C)c2ccc3cc(C(=O)[O-])ccc3c2C1(C)C. The van der Waals surface area contributed by atoms with E-state index in [-0.39, 0.29) is 11.0 Å². The third-order valence-corrected chi connectivity index (χ3v) is 4.63. The topological polar surface area (TPSA) is 43.1 Å². The molecule has 2 aromatic rings. The molecule has 0 atom stereocenters. The molecule has 1 aliphatic rings. The predicted octanol–water partition coefficient (Wildman–Crippen LogP) is 2.23. The largest absolute Gasteiger partial charge is 0.545 e. The van der Waals surface area contributed by atoms with Crippen molar-refractivity contribution in [3.63, 3.8) is 0 Å². The van der Waals surface area contributed by atoms with Gasteiger partial charge in [-0.2, -0.15) is 0 Å². The van der Waals surface area contributed by atoms with Crippen molar-refractivity contribution >= 4 is 28.1 Å². The first-order valence-corrected chi connectivity index (χ1v) is 6.70. The summed E-state index contributed by atoms with van der Waals surface area (Å²) in [6.07, 6.45) is 0. The minimum Gasteiger partial charge on any atom is -0.545 e. The molecule has 1 heterocycles. The molecule has 1 aliphatic heterocycles. The molecule has 20 heavy (non-hydrogen) atoms. The number of fused-ring (bicyclic) bond motifs is 3. The van der Waals surface area contributed by atoms with Crippen LogP contribution in [0.1, 0.15) is 36.7 Å². The summed E-state index contributed by atoms with van der Waals surface area (Å²) in [7, 11) is 2.07. The van der Waals surface area contributed by atoms with Gasteiger partial charge in [0.1, 0.15) is 7.05 Å². The summed E-state index contributed by atoms with van der Waals surface area (Å²) in [6.45, 7) is 6.55. The molecule has 3 rings (SSSR count). The normalized spacial score (nSPS) is 16.6. The Morgan fingerprint density at radius 1 is 1.20 bits per heavy atom. The second-order valence-corrected chi connectivity index (χ2v) is 5.95. The maximum absolute atomic E-state index is 11.0. The van der Waals surface area contributed by atoms with Crippen LogP contribution in [0.5, 0.6) is 0 Å². The molecule has 0 aromatic heterocycles. The number of hydrogen-bond acceptors (Lipinski definition) is 2. The van der Waals surface area contributed by atoms with E-state index in [1.807, 2.05) is 12.1 Å². The lowest BCUT2D eigenvalue weighted by Crippen LogP contribution is -2.25. The molecule has 0 amide bonds. The van der Waals surface area contributed by atoms with Crippen LogP contribution in [0, 0.1) is 0 Å². The Bertz CT molecular complexity index is 785. The highest BCUT2D eigenvalue weighted by atomic mass is 16.4. The van der Waals surface area contributed by atoms with Crippen LogP contribution in [0.4, 0.5) is 5.69 Å². The average molecular weight is 267 g/mol. The van der Waals surface area contributed by atoms with E-state index in [9.17, 15) is 9.90 Å². The summed E-state index contributed by atoms with van der Waals surface area (Å²) in [5.41, 5.74) is 3.93. The van der Waals surface area contributed by atoms with E-state index < -0.39 is 5.97 Å². The fourth-order valence-electron chi connectivity index (χ4n) is 3.16. The van der Waals surface area contributed by atoms with Crippen molar-refractivity contribution in [2.75, 3.05) is 7.05 Å². The van der Waals surface area contributed by atoms with Gasteiger partial charge >= 0.3 is 0 Å². The Morgan fingerprint density at radius 3 is 2.55 bits per heavy atom. The van der Waals surface area contributed by atoms with Crippen molar-refractivity contribution in [3.8, 4) is 0 Å². The van der Waals surface area contributed by atoms with Crippen LogP contribution in [0.15, 0.2) is 30.3 Å². The number of carboxylic acid groups (broad SMARTS) is 1. The first-order chi connectivity index (χ1) is 9.34. The van der Waals surface area contributed by atoms with Crippen LogP contribution in [-0.4, -0.2) is 23.3 Å². The van der Waals surface area contributed by atoms with Gasteiger partial charge in [-0.15, -0.1) is 0 Å². The summed E-state index contributed by atoms with van der Waals surface area (Å²) in [5.74, 6) is -1.13. The van der Waals surface area contributed by atoms with Gasteiger partial charge in [-0.05, 0) is 42.3 Å². The Balaban J connectivity index is 2.36. The highest BCUT2D eigenvalue weighted by Gasteiger charge is 2.42. The van der Waals surface area contributed by atoms with Gasteiger partial charge in [0.2, 0.25) is 5.69 Å². The van der Waals surface area contributed by atoms with Crippen LogP contribution >= 0.6 is 0 Å². The Hall–Kier alpha value is -2.16. The van der Waals surface area contributed by atoms with E-state index in [4.69, 9.17) is 0 Å². The summed E-state index contributed by atoms with van der Waals surface area (Å²) >= 11 is 0. The number of carbonyl (C=O) groups excluding carboxylic acids is 1. The Labute approximate surface area is 118 Å². The molecular weight excluding hydrogens is 250 g/mol. The molecule has 0 fully saturated rings. The van der Waals surface area contributed by atoms with Gasteiger partial charge in [0.05, 0.1) is 11.4 Å². The second kappa shape index (κ2) is 3.92. The third kappa shape index (κ3) is 1.52. The van der Waals surface area contributed by atoms with Crippen LogP contribution in [-0.2, 0) is 5.41 Å². The molecule has 0 saturated heterocycles. The number of benzene rings is 2. The quantitative estimate of drug-likeness (QED) is 0.744. The van der Waals surface area contributed by atoms with E-state index in [1.54, 1.807) is 12.1 Å². The van der Waals surface area contributed by atoms with Crippen LogP contribution < -0.4 is 5.11 Å². The van der Waals surface area contributed by atoms with E-state index >= 15 is 0 Å². The molecule has 0 radical (unpaired) electrons.